The quantitative estimate of drug-likeness (QED) is 0.662. The van der Waals surface area contributed by atoms with E-state index in [9.17, 15) is 16.8 Å². The molecule has 19 heavy (non-hydrogen) atoms. The fourth-order valence-electron chi connectivity index (χ4n) is 1.37. The van der Waals surface area contributed by atoms with Gasteiger partial charge in [0.2, 0.25) is 4.93 Å². The van der Waals surface area contributed by atoms with Gasteiger partial charge in [0, 0.05) is 6.42 Å². The summed E-state index contributed by atoms with van der Waals surface area (Å²) in [6.07, 6.45) is -0.550. The minimum absolute atomic E-state index is 0.0759. The smallest absolute Gasteiger partial charge is 0.398 e. The second-order valence-electron chi connectivity index (χ2n) is 3.96. The van der Waals surface area contributed by atoms with Gasteiger partial charge in [-0.1, -0.05) is 12.1 Å². The average Bonchev–Trinajstić information content (AvgIpc) is 2.17. The van der Waals surface area contributed by atoms with Gasteiger partial charge in [0.05, 0.1) is 0 Å². The van der Waals surface area contributed by atoms with E-state index in [1.54, 1.807) is 0 Å². The third-order valence-corrected chi connectivity index (χ3v) is 4.29. The Kier molecular flexibility index (Phi) is 4.22. The summed E-state index contributed by atoms with van der Waals surface area (Å²) in [4.78, 5) is -2.57. The van der Waals surface area contributed by atoms with E-state index in [1.807, 2.05) is 0 Å². The molecule has 0 saturated heterocycles. The highest BCUT2D eigenvalue weighted by atomic mass is 32.3. The first-order valence-electron chi connectivity index (χ1n) is 4.86. The van der Waals surface area contributed by atoms with Crippen LogP contribution in [0.1, 0.15) is 12.5 Å². The van der Waals surface area contributed by atoms with Crippen molar-refractivity contribution in [1.29, 1.82) is 0 Å². The van der Waals surface area contributed by atoms with E-state index in [0.717, 1.165) is 6.92 Å². The van der Waals surface area contributed by atoms with Gasteiger partial charge in [-0.2, -0.15) is 16.8 Å². The molecule has 0 aliphatic carbocycles. The molecule has 0 heterocycles. The maximum Gasteiger partial charge on any atom is 0.398 e. The molecule has 1 unspecified atom stereocenters. The third kappa shape index (κ3) is 4.44. The van der Waals surface area contributed by atoms with Crippen molar-refractivity contribution in [2.75, 3.05) is 0 Å². The lowest BCUT2D eigenvalue weighted by Gasteiger charge is -2.24. The van der Waals surface area contributed by atoms with E-state index in [1.165, 1.54) is 24.3 Å². The largest absolute Gasteiger partial charge is 0.508 e. The molecular weight excluding hydrogens is 300 g/mol. The molecule has 0 fully saturated rings. The normalized spacial score (nSPS) is 15.9. The number of aromatic hydroxyl groups is 1. The molecular formula is C9H12O8S2. The van der Waals surface area contributed by atoms with Crippen molar-refractivity contribution in [2.24, 2.45) is 0 Å². The molecule has 1 rings (SSSR count). The van der Waals surface area contributed by atoms with Crippen LogP contribution < -0.4 is 0 Å². The topological polar surface area (TPSA) is 138 Å². The van der Waals surface area contributed by atoms with Gasteiger partial charge < -0.3 is 5.11 Å². The van der Waals surface area contributed by atoms with Crippen LogP contribution in [-0.2, 0) is 31.1 Å². The monoisotopic (exact) mass is 312 g/mol. The van der Waals surface area contributed by atoms with Crippen molar-refractivity contribution >= 4 is 20.5 Å². The number of rotatable bonds is 5. The van der Waals surface area contributed by atoms with Gasteiger partial charge in [0.15, 0.2) is 0 Å². The Morgan fingerprint density at radius 1 is 1.11 bits per heavy atom. The van der Waals surface area contributed by atoms with E-state index in [2.05, 4.69) is 4.18 Å². The number of phenols is 1. The SMILES string of the molecule is CC(Cc1ccc(O)cc1)(OS(=O)(=O)O)S(=O)(=O)O. The minimum Gasteiger partial charge on any atom is -0.508 e. The molecule has 1 atom stereocenters. The Balaban J connectivity index is 3.16. The van der Waals surface area contributed by atoms with Gasteiger partial charge in [-0.3, -0.25) is 9.11 Å². The summed E-state index contributed by atoms with van der Waals surface area (Å²) in [5.74, 6) is -0.0759. The third-order valence-electron chi connectivity index (χ3n) is 2.29. The predicted molar refractivity (Wildman–Crippen MR) is 64.4 cm³/mol. The van der Waals surface area contributed by atoms with Crippen LogP contribution in [0.15, 0.2) is 24.3 Å². The summed E-state index contributed by atoms with van der Waals surface area (Å²) in [6, 6.07) is 5.11. The molecule has 0 spiro atoms. The Hall–Kier alpha value is -1.20. The summed E-state index contributed by atoms with van der Waals surface area (Å²) < 4.78 is 65.4. The fourth-order valence-corrected chi connectivity index (χ4v) is 2.83. The van der Waals surface area contributed by atoms with Crippen LogP contribution in [0.4, 0.5) is 0 Å². The zero-order chi connectivity index (χ0) is 14.9. The lowest BCUT2D eigenvalue weighted by Crippen LogP contribution is -2.42. The molecule has 0 aromatic heterocycles. The second-order valence-corrected chi connectivity index (χ2v) is 6.80. The molecule has 0 amide bonds. The fraction of sp³-hybridized carbons (Fsp3) is 0.333. The summed E-state index contributed by atoms with van der Waals surface area (Å²) in [6.45, 7) is 0.795. The summed E-state index contributed by atoms with van der Waals surface area (Å²) >= 11 is 0. The molecule has 0 aliphatic heterocycles. The number of hydrogen-bond donors (Lipinski definition) is 3. The first kappa shape index (κ1) is 15.9. The molecule has 0 bridgehead atoms. The molecule has 0 aliphatic rings. The highest BCUT2D eigenvalue weighted by Gasteiger charge is 2.43. The van der Waals surface area contributed by atoms with Crippen molar-refractivity contribution in [2.45, 2.75) is 18.3 Å². The maximum absolute atomic E-state index is 11.2. The lowest BCUT2D eigenvalue weighted by atomic mass is 10.1. The lowest BCUT2D eigenvalue weighted by molar-refractivity contribution is 0.145. The van der Waals surface area contributed by atoms with E-state index in [0.29, 0.717) is 0 Å². The van der Waals surface area contributed by atoms with Crippen LogP contribution in [0.2, 0.25) is 0 Å². The molecule has 3 N–H and O–H groups in total. The van der Waals surface area contributed by atoms with Gasteiger partial charge in [-0.15, -0.1) is 0 Å². The molecule has 1 aromatic rings. The number of benzene rings is 1. The van der Waals surface area contributed by atoms with Crippen molar-refractivity contribution in [1.82, 2.24) is 0 Å². The second kappa shape index (κ2) is 5.06. The molecule has 10 heteroatoms. The Labute approximate surface area is 110 Å². The first-order chi connectivity index (χ1) is 8.43. The minimum atomic E-state index is -5.08. The van der Waals surface area contributed by atoms with Crippen molar-refractivity contribution in [3.63, 3.8) is 0 Å². The molecule has 0 radical (unpaired) electrons. The molecule has 8 nitrogen and oxygen atoms in total. The Bertz CT molecular complexity index is 646. The number of phenolic OH excluding ortho intramolecular Hbond substituents is 1. The number of hydrogen-bond acceptors (Lipinski definition) is 6. The van der Waals surface area contributed by atoms with Crippen molar-refractivity contribution in [3.05, 3.63) is 29.8 Å². The van der Waals surface area contributed by atoms with E-state index >= 15 is 0 Å². The van der Waals surface area contributed by atoms with Gasteiger partial charge in [0.1, 0.15) is 5.75 Å². The van der Waals surface area contributed by atoms with Crippen molar-refractivity contribution < 1.29 is 35.2 Å². The Morgan fingerprint density at radius 3 is 1.95 bits per heavy atom. The van der Waals surface area contributed by atoms with Gasteiger partial charge in [-0.05, 0) is 24.6 Å². The standard InChI is InChI=1S/C9H12O8S2/c1-9(18(11,12)13,17-19(14,15)16)6-7-2-4-8(10)5-3-7/h2-5,10H,6H2,1H3,(H,11,12,13)(H,14,15,16). The van der Waals surface area contributed by atoms with Crippen LogP contribution in [0.25, 0.3) is 0 Å². The zero-order valence-corrected chi connectivity index (χ0v) is 11.3. The van der Waals surface area contributed by atoms with Crippen LogP contribution in [0, 0.1) is 0 Å². The summed E-state index contributed by atoms with van der Waals surface area (Å²) in [5.41, 5.74) is 0.265. The molecule has 1 aromatic carbocycles. The van der Waals surface area contributed by atoms with Crippen LogP contribution in [-0.4, -0.2) is 36.0 Å². The van der Waals surface area contributed by atoms with Crippen LogP contribution in [0.5, 0.6) is 5.75 Å². The molecule has 108 valence electrons. The van der Waals surface area contributed by atoms with Crippen LogP contribution >= 0.6 is 0 Å². The average molecular weight is 312 g/mol. The van der Waals surface area contributed by atoms with Gasteiger partial charge in [-0.25, -0.2) is 4.18 Å². The van der Waals surface area contributed by atoms with Crippen molar-refractivity contribution in [3.8, 4) is 5.75 Å². The Morgan fingerprint density at radius 2 is 1.58 bits per heavy atom. The predicted octanol–water partition coefficient (Wildman–Crippen LogP) is 0.358. The summed E-state index contributed by atoms with van der Waals surface area (Å²) in [7, 11) is -10.0. The van der Waals surface area contributed by atoms with Gasteiger partial charge >= 0.3 is 10.4 Å². The maximum atomic E-state index is 11.2. The zero-order valence-electron chi connectivity index (χ0n) is 9.72. The highest BCUT2D eigenvalue weighted by Crippen LogP contribution is 2.26. The van der Waals surface area contributed by atoms with Crippen LogP contribution in [0.3, 0.4) is 0 Å². The molecule has 0 saturated carbocycles. The summed E-state index contributed by atoms with van der Waals surface area (Å²) in [5, 5.41) is 9.07. The van der Waals surface area contributed by atoms with Gasteiger partial charge in [0.25, 0.3) is 10.1 Å². The highest BCUT2D eigenvalue weighted by molar-refractivity contribution is 7.88. The van der Waals surface area contributed by atoms with E-state index < -0.39 is 31.9 Å². The first-order valence-corrected chi connectivity index (χ1v) is 7.66. The van der Waals surface area contributed by atoms with E-state index in [-0.39, 0.29) is 11.3 Å². The van der Waals surface area contributed by atoms with E-state index in [4.69, 9.17) is 14.2 Å².